The molecule has 0 radical (unpaired) electrons. The number of aliphatic hydroxyl groups excluding tert-OH is 1. The second-order valence-corrected chi connectivity index (χ2v) is 3.05. The topological polar surface area (TPSA) is 44.3 Å². The smallest absolute Gasteiger partial charge is 0.0596 e. The van der Waals surface area contributed by atoms with Crippen molar-refractivity contribution in [3.8, 4) is 0 Å². The molecule has 3 heteroatoms. The number of hydrogen-bond donors (Lipinski definition) is 3. The van der Waals surface area contributed by atoms with Crippen molar-refractivity contribution in [3.63, 3.8) is 0 Å². The average Bonchev–Trinajstić information content (AvgIpc) is 2.21. The summed E-state index contributed by atoms with van der Waals surface area (Å²) in [6.07, 6.45) is 5.48. The van der Waals surface area contributed by atoms with Gasteiger partial charge in [0.15, 0.2) is 0 Å². The molecule has 1 atom stereocenters. The minimum absolute atomic E-state index is 0.103. The fourth-order valence-electron chi connectivity index (χ4n) is 0.928. The first-order valence-corrected chi connectivity index (χ1v) is 4.70. The van der Waals surface area contributed by atoms with Crippen LogP contribution in [-0.4, -0.2) is 37.9 Å². The fraction of sp³-hybridized carbons (Fsp3) is 0.455. The van der Waals surface area contributed by atoms with Gasteiger partial charge in [0.1, 0.15) is 0 Å². The Morgan fingerprint density at radius 2 is 2.29 bits per heavy atom. The molecule has 0 fully saturated rings. The van der Waals surface area contributed by atoms with Gasteiger partial charge in [-0.2, -0.15) is 0 Å². The van der Waals surface area contributed by atoms with Crippen LogP contribution in [0.4, 0.5) is 0 Å². The van der Waals surface area contributed by atoms with Crippen molar-refractivity contribution in [1.29, 1.82) is 0 Å². The van der Waals surface area contributed by atoms with Crippen LogP contribution in [-0.2, 0) is 0 Å². The summed E-state index contributed by atoms with van der Waals surface area (Å²) < 4.78 is 0. The molecule has 0 aromatic rings. The first-order chi connectivity index (χ1) is 6.74. The van der Waals surface area contributed by atoms with E-state index in [9.17, 15) is 0 Å². The van der Waals surface area contributed by atoms with Crippen LogP contribution in [0.3, 0.4) is 0 Å². The zero-order chi connectivity index (χ0) is 10.8. The van der Waals surface area contributed by atoms with Crippen LogP contribution in [0.5, 0.6) is 0 Å². The summed E-state index contributed by atoms with van der Waals surface area (Å²) in [7, 11) is 1.83. The molecule has 0 rings (SSSR count). The highest BCUT2D eigenvalue weighted by Gasteiger charge is 2.01. The van der Waals surface area contributed by atoms with Crippen molar-refractivity contribution >= 4 is 0 Å². The molecule has 0 bridgehead atoms. The summed E-state index contributed by atoms with van der Waals surface area (Å²) in [6, 6.07) is 0.103. The number of likely N-dealkylation sites (N-methyl/N-ethyl adjacent to an activating group) is 1. The molecule has 0 aliphatic rings. The molecule has 14 heavy (non-hydrogen) atoms. The summed E-state index contributed by atoms with van der Waals surface area (Å²) in [6.45, 7) is 9.03. The molecule has 1 unspecified atom stereocenters. The monoisotopic (exact) mass is 196 g/mol. The van der Waals surface area contributed by atoms with E-state index in [1.165, 1.54) is 0 Å². The van der Waals surface area contributed by atoms with Gasteiger partial charge >= 0.3 is 0 Å². The van der Waals surface area contributed by atoms with Crippen molar-refractivity contribution in [2.24, 2.45) is 0 Å². The van der Waals surface area contributed by atoms with E-state index in [1.807, 2.05) is 19.2 Å². The normalized spacial score (nSPS) is 13.0. The van der Waals surface area contributed by atoms with E-state index in [0.717, 1.165) is 18.7 Å². The fourth-order valence-corrected chi connectivity index (χ4v) is 0.928. The van der Waals surface area contributed by atoms with Crippen LogP contribution in [0.25, 0.3) is 0 Å². The Morgan fingerprint density at radius 1 is 1.57 bits per heavy atom. The molecule has 0 aromatic heterocycles. The Kier molecular flexibility index (Phi) is 8.13. The molecule has 80 valence electrons. The molecule has 0 heterocycles. The maximum absolute atomic E-state index is 8.88. The number of allylic oxidation sites excluding steroid dienone is 2. The molecule has 3 nitrogen and oxygen atoms in total. The zero-order valence-corrected chi connectivity index (χ0v) is 8.79. The van der Waals surface area contributed by atoms with Crippen LogP contribution >= 0.6 is 0 Å². The standard InChI is InChI=1S/C11H20N2O/c1-4-5-6-10(2)7-13-8-11(9-14)12-3/h4-6,11-14H,1-2,7-9H2,3H3/b6-5-. The second kappa shape index (κ2) is 8.69. The molecular formula is C11H20N2O. The van der Waals surface area contributed by atoms with Gasteiger partial charge in [0.05, 0.1) is 6.61 Å². The van der Waals surface area contributed by atoms with Gasteiger partial charge in [-0.1, -0.05) is 31.4 Å². The van der Waals surface area contributed by atoms with Crippen LogP contribution in [0, 0.1) is 0 Å². The van der Waals surface area contributed by atoms with Crippen LogP contribution in [0.1, 0.15) is 0 Å². The van der Waals surface area contributed by atoms with E-state index in [2.05, 4.69) is 23.8 Å². The predicted octanol–water partition coefficient (Wildman–Crippen LogP) is 0.455. The summed E-state index contributed by atoms with van der Waals surface area (Å²) in [5, 5.41) is 15.1. The summed E-state index contributed by atoms with van der Waals surface area (Å²) in [4.78, 5) is 0. The number of hydrogen-bond acceptors (Lipinski definition) is 3. The lowest BCUT2D eigenvalue weighted by molar-refractivity contribution is 0.246. The summed E-state index contributed by atoms with van der Waals surface area (Å²) in [5.74, 6) is 0. The van der Waals surface area contributed by atoms with E-state index >= 15 is 0 Å². The third-order valence-corrected chi connectivity index (χ3v) is 1.84. The lowest BCUT2D eigenvalue weighted by Crippen LogP contribution is -2.39. The third-order valence-electron chi connectivity index (χ3n) is 1.84. The van der Waals surface area contributed by atoms with Crippen molar-refractivity contribution in [2.75, 3.05) is 26.7 Å². The van der Waals surface area contributed by atoms with E-state index < -0.39 is 0 Å². The second-order valence-electron chi connectivity index (χ2n) is 3.05. The van der Waals surface area contributed by atoms with Gasteiger partial charge in [-0.15, -0.1) is 0 Å². The Morgan fingerprint density at radius 3 is 2.79 bits per heavy atom. The average molecular weight is 196 g/mol. The van der Waals surface area contributed by atoms with Crippen molar-refractivity contribution in [1.82, 2.24) is 10.6 Å². The van der Waals surface area contributed by atoms with E-state index in [4.69, 9.17) is 5.11 Å². The first-order valence-electron chi connectivity index (χ1n) is 4.70. The van der Waals surface area contributed by atoms with Crippen LogP contribution in [0.15, 0.2) is 37.0 Å². The molecule has 0 amide bonds. The zero-order valence-electron chi connectivity index (χ0n) is 8.79. The molecule has 0 spiro atoms. The third kappa shape index (κ3) is 6.60. The Hall–Kier alpha value is -0.900. The maximum Gasteiger partial charge on any atom is 0.0596 e. The molecule has 0 aliphatic heterocycles. The van der Waals surface area contributed by atoms with Crippen LogP contribution < -0.4 is 10.6 Å². The molecule has 0 aromatic carbocycles. The lowest BCUT2D eigenvalue weighted by Gasteiger charge is -2.13. The van der Waals surface area contributed by atoms with Gasteiger partial charge in [0, 0.05) is 19.1 Å². The van der Waals surface area contributed by atoms with Gasteiger partial charge in [-0.25, -0.2) is 0 Å². The highest BCUT2D eigenvalue weighted by Crippen LogP contribution is 1.90. The van der Waals surface area contributed by atoms with Crippen molar-refractivity contribution < 1.29 is 5.11 Å². The minimum atomic E-state index is 0.103. The van der Waals surface area contributed by atoms with E-state index in [-0.39, 0.29) is 12.6 Å². The van der Waals surface area contributed by atoms with Gasteiger partial charge in [0.2, 0.25) is 0 Å². The number of aliphatic hydroxyl groups is 1. The molecule has 3 N–H and O–H groups in total. The van der Waals surface area contributed by atoms with Gasteiger partial charge < -0.3 is 15.7 Å². The molecule has 0 saturated heterocycles. The van der Waals surface area contributed by atoms with Crippen molar-refractivity contribution in [2.45, 2.75) is 6.04 Å². The van der Waals surface area contributed by atoms with Gasteiger partial charge in [0.25, 0.3) is 0 Å². The Labute approximate surface area is 86.2 Å². The van der Waals surface area contributed by atoms with Gasteiger partial charge in [-0.05, 0) is 12.6 Å². The molecule has 0 saturated carbocycles. The lowest BCUT2D eigenvalue weighted by atomic mass is 10.2. The SMILES string of the molecule is C=C/C=C\C(=C)CNCC(CO)NC. The Balaban J connectivity index is 3.57. The highest BCUT2D eigenvalue weighted by atomic mass is 16.3. The number of rotatable bonds is 8. The van der Waals surface area contributed by atoms with Crippen molar-refractivity contribution in [3.05, 3.63) is 37.0 Å². The predicted molar refractivity (Wildman–Crippen MR) is 61.3 cm³/mol. The molecule has 0 aliphatic carbocycles. The quantitative estimate of drug-likeness (QED) is 0.494. The maximum atomic E-state index is 8.88. The van der Waals surface area contributed by atoms with Gasteiger partial charge in [-0.3, -0.25) is 0 Å². The van der Waals surface area contributed by atoms with Crippen LogP contribution in [0.2, 0.25) is 0 Å². The molecular weight excluding hydrogens is 176 g/mol. The van der Waals surface area contributed by atoms with E-state index in [0.29, 0.717) is 0 Å². The highest BCUT2D eigenvalue weighted by molar-refractivity contribution is 5.19. The van der Waals surface area contributed by atoms with E-state index in [1.54, 1.807) is 6.08 Å². The summed E-state index contributed by atoms with van der Waals surface area (Å²) in [5.41, 5.74) is 0.998. The minimum Gasteiger partial charge on any atom is -0.395 e. The Bertz CT molecular complexity index is 195. The first kappa shape index (κ1) is 13.1. The number of nitrogens with one attached hydrogen (secondary N) is 2. The summed E-state index contributed by atoms with van der Waals surface area (Å²) >= 11 is 0. The largest absolute Gasteiger partial charge is 0.395 e.